The highest BCUT2D eigenvalue weighted by Crippen LogP contribution is 2.22. The highest BCUT2D eigenvalue weighted by molar-refractivity contribution is 5.95. The van der Waals surface area contributed by atoms with E-state index in [0.717, 1.165) is 17.7 Å². The minimum absolute atomic E-state index is 0.0437. The summed E-state index contributed by atoms with van der Waals surface area (Å²) in [6.07, 6.45) is 0.303. The summed E-state index contributed by atoms with van der Waals surface area (Å²) < 4.78 is 0. The van der Waals surface area contributed by atoms with Crippen molar-refractivity contribution >= 4 is 5.78 Å². The zero-order chi connectivity index (χ0) is 20.1. The molecule has 1 N–H and O–H groups in total. The first-order chi connectivity index (χ1) is 13.4. The molecule has 1 heterocycles. The molecule has 5 heteroatoms. The van der Waals surface area contributed by atoms with Crippen LogP contribution in [0.3, 0.4) is 0 Å². The predicted octanol–water partition coefficient (Wildman–Crippen LogP) is 3.88. The van der Waals surface area contributed by atoms with Gasteiger partial charge in [0, 0.05) is 24.6 Å². The number of ketones is 1. The van der Waals surface area contributed by atoms with E-state index >= 15 is 0 Å². The van der Waals surface area contributed by atoms with Gasteiger partial charge in [0.1, 0.15) is 11.5 Å². The summed E-state index contributed by atoms with van der Waals surface area (Å²) in [7, 11) is 4.07. The lowest BCUT2D eigenvalue weighted by Crippen LogP contribution is -2.15. The van der Waals surface area contributed by atoms with Crippen molar-refractivity contribution in [2.45, 2.75) is 25.8 Å². The van der Waals surface area contributed by atoms with Crippen molar-refractivity contribution in [1.29, 1.82) is 0 Å². The van der Waals surface area contributed by atoms with Gasteiger partial charge < -0.3 is 9.88 Å². The normalized spacial score (nSPS) is 12.1. The molecule has 3 rings (SSSR count). The van der Waals surface area contributed by atoms with Crippen LogP contribution in [-0.4, -0.2) is 34.7 Å². The number of carbonyl (C=O) groups is 1. The Morgan fingerprint density at radius 1 is 1.07 bits per heavy atom. The highest BCUT2D eigenvalue weighted by Gasteiger charge is 2.16. The third-order valence-electron chi connectivity index (χ3n) is 4.61. The van der Waals surface area contributed by atoms with Crippen LogP contribution in [-0.2, 0) is 6.54 Å². The number of carbonyl (C=O) groups excluding carboxylic acids is 1. The second-order valence-corrected chi connectivity index (χ2v) is 7.35. The Kier molecular flexibility index (Phi) is 6.16. The van der Waals surface area contributed by atoms with Crippen molar-refractivity contribution in [1.82, 2.24) is 14.9 Å². The van der Waals surface area contributed by atoms with Gasteiger partial charge in [0.15, 0.2) is 5.78 Å². The molecule has 0 aliphatic carbocycles. The van der Waals surface area contributed by atoms with Gasteiger partial charge in [-0.3, -0.25) is 9.59 Å². The smallest absolute Gasteiger partial charge is 0.251 e. The van der Waals surface area contributed by atoms with E-state index in [0.29, 0.717) is 12.2 Å². The molecule has 0 unspecified atom stereocenters. The number of benzene rings is 2. The molecule has 0 aliphatic rings. The molecule has 0 bridgehead atoms. The summed E-state index contributed by atoms with van der Waals surface area (Å²) in [4.78, 5) is 34.0. The molecule has 28 heavy (non-hydrogen) atoms. The average molecular weight is 375 g/mol. The van der Waals surface area contributed by atoms with Crippen molar-refractivity contribution in [2.75, 3.05) is 14.1 Å². The molecular formula is C23H25N3O2. The van der Waals surface area contributed by atoms with E-state index in [1.54, 1.807) is 0 Å². The first-order valence-electron chi connectivity index (χ1n) is 9.36. The van der Waals surface area contributed by atoms with Gasteiger partial charge in [-0.05, 0) is 31.1 Å². The molecule has 0 spiro atoms. The molecule has 0 amide bonds. The number of rotatable bonds is 7. The Morgan fingerprint density at radius 3 is 2.39 bits per heavy atom. The minimum atomic E-state index is -0.321. The van der Waals surface area contributed by atoms with Crippen molar-refractivity contribution in [3.63, 3.8) is 0 Å². The average Bonchev–Trinajstić information content (AvgIpc) is 2.68. The van der Waals surface area contributed by atoms with Crippen molar-refractivity contribution < 1.29 is 4.79 Å². The molecule has 144 valence electrons. The van der Waals surface area contributed by atoms with Crippen LogP contribution in [0.5, 0.6) is 0 Å². The SMILES string of the molecule is C[C@@H](CC(=O)c1cc(=O)[nH]c(-c2ccccc2)n1)c1ccc(CN(C)C)cc1. The first-order valence-corrected chi connectivity index (χ1v) is 9.36. The van der Waals surface area contributed by atoms with Crippen molar-refractivity contribution in [3.05, 3.63) is 87.8 Å². The van der Waals surface area contributed by atoms with E-state index in [1.165, 1.54) is 11.6 Å². The lowest BCUT2D eigenvalue weighted by atomic mass is 9.94. The molecule has 5 nitrogen and oxygen atoms in total. The van der Waals surface area contributed by atoms with Crippen LogP contribution >= 0.6 is 0 Å². The number of hydrogen-bond donors (Lipinski definition) is 1. The van der Waals surface area contributed by atoms with Crippen LogP contribution in [0.1, 0.15) is 40.9 Å². The Labute approximate surface area is 165 Å². The maximum Gasteiger partial charge on any atom is 0.251 e. The lowest BCUT2D eigenvalue weighted by Gasteiger charge is -2.14. The summed E-state index contributed by atoms with van der Waals surface area (Å²) in [5.41, 5.74) is 3.00. The van der Waals surface area contributed by atoms with E-state index in [9.17, 15) is 9.59 Å². The summed E-state index contributed by atoms with van der Waals surface area (Å²) in [5, 5.41) is 0. The van der Waals surface area contributed by atoms with Gasteiger partial charge in [0.2, 0.25) is 0 Å². The standard InChI is InChI=1S/C23H25N3O2/c1-16(18-11-9-17(10-12-18)15-26(2)3)13-21(27)20-14-22(28)25-23(24-20)19-7-5-4-6-8-19/h4-12,14,16H,13,15H2,1-3H3,(H,24,25,28)/t16-/m0/s1. The van der Waals surface area contributed by atoms with Gasteiger partial charge in [-0.15, -0.1) is 0 Å². The molecule has 2 aromatic carbocycles. The Hall–Kier alpha value is -3.05. The third kappa shape index (κ3) is 5.02. The van der Waals surface area contributed by atoms with E-state index in [4.69, 9.17) is 0 Å². The van der Waals surface area contributed by atoms with Crippen LogP contribution in [0.4, 0.5) is 0 Å². The zero-order valence-corrected chi connectivity index (χ0v) is 16.5. The number of hydrogen-bond acceptors (Lipinski definition) is 4. The molecule has 0 saturated heterocycles. The highest BCUT2D eigenvalue weighted by atomic mass is 16.1. The maximum atomic E-state index is 12.8. The van der Waals surface area contributed by atoms with Crippen LogP contribution in [0.15, 0.2) is 65.5 Å². The molecular weight excluding hydrogens is 350 g/mol. The topological polar surface area (TPSA) is 66.1 Å². The van der Waals surface area contributed by atoms with Gasteiger partial charge in [0.25, 0.3) is 5.56 Å². The monoisotopic (exact) mass is 375 g/mol. The predicted molar refractivity (Wildman–Crippen MR) is 111 cm³/mol. The fraction of sp³-hybridized carbons (Fsp3) is 0.261. The second kappa shape index (κ2) is 8.76. The Balaban J connectivity index is 1.75. The number of H-pyrrole nitrogens is 1. The molecule has 1 aromatic heterocycles. The largest absolute Gasteiger partial charge is 0.306 e. The summed E-state index contributed by atoms with van der Waals surface area (Å²) in [6.45, 7) is 2.90. The number of aromatic amines is 1. The molecule has 1 atom stereocenters. The maximum absolute atomic E-state index is 12.8. The van der Waals surface area contributed by atoms with Gasteiger partial charge in [-0.1, -0.05) is 61.5 Å². The molecule has 0 aliphatic heterocycles. The third-order valence-corrected chi connectivity index (χ3v) is 4.61. The fourth-order valence-electron chi connectivity index (χ4n) is 3.15. The quantitative estimate of drug-likeness (QED) is 0.637. The number of nitrogens with one attached hydrogen (secondary N) is 1. The Morgan fingerprint density at radius 2 is 1.75 bits per heavy atom. The molecule has 0 radical (unpaired) electrons. The second-order valence-electron chi connectivity index (χ2n) is 7.35. The summed E-state index contributed by atoms with van der Waals surface area (Å²) in [5.74, 6) is 0.326. The van der Waals surface area contributed by atoms with E-state index in [2.05, 4.69) is 39.1 Å². The van der Waals surface area contributed by atoms with Gasteiger partial charge in [-0.2, -0.15) is 0 Å². The van der Waals surface area contributed by atoms with Gasteiger partial charge in [-0.25, -0.2) is 4.98 Å². The van der Waals surface area contributed by atoms with Crippen LogP contribution < -0.4 is 5.56 Å². The number of aromatic nitrogens is 2. The van der Waals surface area contributed by atoms with E-state index in [-0.39, 0.29) is 23.0 Å². The lowest BCUT2D eigenvalue weighted by molar-refractivity contribution is 0.0970. The van der Waals surface area contributed by atoms with E-state index < -0.39 is 0 Å². The summed E-state index contributed by atoms with van der Waals surface area (Å²) in [6, 6.07) is 18.9. The fourth-order valence-corrected chi connectivity index (χ4v) is 3.15. The molecule has 0 saturated carbocycles. The van der Waals surface area contributed by atoms with Gasteiger partial charge >= 0.3 is 0 Å². The van der Waals surface area contributed by atoms with Gasteiger partial charge in [0.05, 0.1) is 0 Å². The first kappa shape index (κ1) is 19.7. The zero-order valence-electron chi connectivity index (χ0n) is 16.5. The number of nitrogens with zero attached hydrogens (tertiary/aromatic N) is 2. The van der Waals surface area contributed by atoms with E-state index in [1.807, 2.05) is 51.4 Å². The molecule has 0 fully saturated rings. The summed E-state index contributed by atoms with van der Waals surface area (Å²) >= 11 is 0. The number of Topliss-reactive ketones (excluding diaryl/α,β-unsaturated/α-hetero) is 1. The Bertz CT molecular complexity index is 992. The molecule has 3 aromatic rings. The van der Waals surface area contributed by atoms with Crippen LogP contribution in [0.25, 0.3) is 11.4 Å². The van der Waals surface area contributed by atoms with Crippen LogP contribution in [0, 0.1) is 0 Å². The van der Waals surface area contributed by atoms with Crippen molar-refractivity contribution in [3.8, 4) is 11.4 Å². The minimum Gasteiger partial charge on any atom is -0.306 e. The van der Waals surface area contributed by atoms with Crippen LogP contribution in [0.2, 0.25) is 0 Å². The van der Waals surface area contributed by atoms with Crippen molar-refractivity contribution in [2.24, 2.45) is 0 Å².